The number of carbonyl (C=O) groups excluding carboxylic acids is 3. The van der Waals surface area contributed by atoms with Crippen LogP contribution < -0.4 is 15.5 Å². The number of carbonyl (C=O) groups is 3. The maximum atomic E-state index is 13.6. The van der Waals surface area contributed by atoms with E-state index in [-0.39, 0.29) is 17.2 Å². The molecule has 166 valence electrons. The molecule has 4 rings (SSSR count). The van der Waals surface area contributed by atoms with Crippen LogP contribution in [0.1, 0.15) is 29.2 Å². The van der Waals surface area contributed by atoms with Crippen LogP contribution >= 0.6 is 0 Å². The van der Waals surface area contributed by atoms with Crippen LogP contribution in [0.25, 0.3) is 5.57 Å². The summed E-state index contributed by atoms with van der Waals surface area (Å²) in [6, 6.07) is 20.0. The number of para-hydroxylation sites is 1. The maximum absolute atomic E-state index is 13.6. The van der Waals surface area contributed by atoms with Gasteiger partial charge >= 0.3 is 0 Å². The predicted octanol–water partition coefficient (Wildman–Crippen LogP) is 4.97. The van der Waals surface area contributed by atoms with Gasteiger partial charge in [0.15, 0.2) is 0 Å². The molecule has 0 saturated heterocycles. The van der Waals surface area contributed by atoms with Crippen molar-refractivity contribution in [3.8, 4) is 0 Å². The Hall–Kier alpha value is -4.19. The highest BCUT2D eigenvalue weighted by atomic mass is 16.2. The quantitative estimate of drug-likeness (QED) is 0.551. The molecule has 6 nitrogen and oxygen atoms in total. The summed E-state index contributed by atoms with van der Waals surface area (Å²) in [5.74, 6) is -0.990. The minimum Gasteiger partial charge on any atom is -0.350 e. The number of anilines is 3. The number of aryl methyl sites for hydroxylation is 3. The number of benzene rings is 3. The highest BCUT2D eigenvalue weighted by molar-refractivity contribution is 6.46. The molecule has 0 aliphatic carbocycles. The zero-order valence-corrected chi connectivity index (χ0v) is 19.0. The topological polar surface area (TPSA) is 78.5 Å². The first-order valence-corrected chi connectivity index (χ1v) is 10.7. The van der Waals surface area contributed by atoms with Crippen molar-refractivity contribution in [3.63, 3.8) is 0 Å². The van der Waals surface area contributed by atoms with E-state index in [1.54, 1.807) is 30.3 Å². The first kappa shape index (κ1) is 22.0. The SMILES string of the molecule is CC(=O)Nc1ccc(C2=C(Nc3ccccc3C)C(=O)N(c3ccc(C)c(C)c3)C2=O)cc1. The first-order valence-electron chi connectivity index (χ1n) is 10.7. The predicted molar refractivity (Wildman–Crippen MR) is 131 cm³/mol. The molecule has 0 aromatic heterocycles. The Morgan fingerprint density at radius 1 is 0.788 bits per heavy atom. The molecule has 6 heteroatoms. The van der Waals surface area contributed by atoms with E-state index >= 15 is 0 Å². The van der Waals surface area contributed by atoms with E-state index in [4.69, 9.17) is 0 Å². The normalized spacial score (nSPS) is 13.5. The third-order valence-corrected chi connectivity index (χ3v) is 5.73. The Balaban J connectivity index is 1.81. The number of amides is 3. The molecule has 3 amide bonds. The largest absolute Gasteiger partial charge is 0.350 e. The van der Waals surface area contributed by atoms with Gasteiger partial charge < -0.3 is 10.6 Å². The molecule has 3 aromatic carbocycles. The van der Waals surface area contributed by atoms with Crippen molar-refractivity contribution in [3.05, 3.63) is 94.7 Å². The minimum absolute atomic E-state index is 0.183. The lowest BCUT2D eigenvalue weighted by atomic mass is 10.0. The first-order chi connectivity index (χ1) is 15.8. The van der Waals surface area contributed by atoms with Gasteiger partial charge in [-0.2, -0.15) is 0 Å². The van der Waals surface area contributed by atoms with Gasteiger partial charge in [0.25, 0.3) is 11.8 Å². The summed E-state index contributed by atoms with van der Waals surface area (Å²) in [7, 11) is 0. The third kappa shape index (κ3) is 4.28. The van der Waals surface area contributed by atoms with Crippen molar-refractivity contribution in [2.24, 2.45) is 0 Å². The van der Waals surface area contributed by atoms with Gasteiger partial charge in [0.05, 0.1) is 11.3 Å². The Morgan fingerprint density at radius 3 is 2.12 bits per heavy atom. The van der Waals surface area contributed by atoms with Crippen LogP contribution in [-0.2, 0) is 14.4 Å². The van der Waals surface area contributed by atoms with Gasteiger partial charge in [-0.25, -0.2) is 4.90 Å². The summed E-state index contributed by atoms with van der Waals surface area (Å²) in [4.78, 5) is 39.7. The third-order valence-electron chi connectivity index (χ3n) is 5.73. The van der Waals surface area contributed by atoms with Crippen LogP contribution in [0.2, 0.25) is 0 Å². The molecule has 0 unspecified atom stereocenters. The number of hydrogen-bond acceptors (Lipinski definition) is 4. The highest BCUT2D eigenvalue weighted by Gasteiger charge is 2.40. The van der Waals surface area contributed by atoms with E-state index in [9.17, 15) is 14.4 Å². The Bertz CT molecular complexity index is 1310. The molecule has 0 atom stereocenters. The van der Waals surface area contributed by atoms with Crippen molar-refractivity contribution in [1.82, 2.24) is 0 Å². The van der Waals surface area contributed by atoms with Crippen LogP contribution in [0.4, 0.5) is 17.1 Å². The van der Waals surface area contributed by atoms with Gasteiger partial charge in [-0.05, 0) is 73.4 Å². The second-order valence-corrected chi connectivity index (χ2v) is 8.16. The van der Waals surface area contributed by atoms with E-state index in [1.165, 1.54) is 11.8 Å². The number of nitrogens with one attached hydrogen (secondary N) is 2. The van der Waals surface area contributed by atoms with Crippen LogP contribution in [-0.4, -0.2) is 17.7 Å². The van der Waals surface area contributed by atoms with E-state index in [2.05, 4.69) is 10.6 Å². The van der Waals surface area contributed by atoms with Gasteiger partial charge in [0.1, 0.15) is 5.70 Å². The van der Waals surface area contributed by atoms with Gasteiger partial charge in [0.2, 0.25) is 5.91 Å². The van der Waals surface area contributed by atoms with Crippen molar-refractivity contribution < 1.29 is 14.4 Å². The van der Waals surface area contributed by atoms with E-state index in [0.717, 1.165) is 22.4 Å². The molecule has 0 spiro atoms. The van der Waals surface area contributed by atoms with E-state index in [1.807, 2.05) is 57.2 Å². The van der Waals surface area contributed by atoms with Gasteiger partial charge in [-0.15, -0.1) is 0 Å². The zero-order valence-electron chi connectivity index (χ0n) is 19.0. The van der Waals surface area contributed by atoms with Crippen molar-refractivity contribution in [1.29, 1.82) is 0 Å². The van der Waals surface area contributed by atoms with Crippen LogP contribution in [0.5, 0.6) is 0 Å². The monoisotopic (exact) mass is 439 g/mol. The zero-order chi connectivity index (χ0) is 23.7. The Labute approximate surface area is 192 Å². The fourth-order valence-electron chi connectivity index (χ4n) is 3.78. The Kier molecular flexibility index (Phi) is 5.84. The minimum atomic E-state index is -0.410. The molecule has 1 aliphatic heterocycles. The molecular formula is C27H25N3O3. The molecule has 3 aromatic rings. The summed E-state index contributed by atoms with van der Waals surface area (Å²) in [5.41, 5.74) is 6.02. The Morgan fingerprint density at radius 2 is 1.48 bits per heavy atom. The van der Waals surface area contributed by atoms with Crippen LogP contribution in [0, 0.1) is 20.8 Å². The molecule has 1 aliphatic rings. The van der Waals surface area contributed by atoms with E-state index in [0.29, 0.717) is 16.9 Å². The lowest BCUT2D eigenvalue weighted by Gasteiger charge is -2.17. The molecule has 33 heavy (non-hydrogen) atoms. The lowest BCUT2D eigenvalue weighted by molar-refractivity contribution is -0.120. The molecule has 2 N–H and O–H groups in total. The fourth-order valence-corrected chi connectivity index (χ4v) is 3.78. The average molecular weight is 440 g/mol. The lowest BCUT2D eigenvalue weighted by Crippen LogP contribution is -2.32. The summed E-state index contributed by atoms with van der Waals surface area (Å²) in [6.45, 7) is 7.30. The van der Waals surface area contributed by atoms with Crippen molar-refractivity contribution in [2.75, 3.05) is 15.5 Å². The standard InChI is InChI=1S/C27H25N3O3/c1-16-9-14-22(15-18(16)3)30-26(32)24(20-10-12-21(13-11-20)28-19(4)31)25(27(30)33)29-23-8-6-5-7-17(23)2/h5-15,29H,1-4H3,(H,28,31). The molecule has 0 fully saturated rings. The van der Waals surface area contributed by atoms with E-state index < -0.39 is 11.8 Å². The van der Waals surface area contributed by atoms with Crippen molar-refractivity contribution >= 4 is 40.4 Å². The van der Waals surface area contributed by atoms with Gasteiger partial charge in [-0.3, -0.25) is 14.4 Å². The summed E-state index contributed by atoms with van der Waals surface area (Å²) in [5, 5.41) is 5.92. The van der Waals surface area contributed by atoms with Gasteiger partial charge in [-0.1, -0.05) is 36.4 Å². The molecule has 0 saturated carbocycles. The van der Waals surface area contributed by atoms with Crippen LogP contribution in [0.3, 0.4) is 0 Å². The number of imide groups is 1. The second kappa shape index (κ2) is 8.74. The average Bonchev–Trinajstić information content (AvgIpc) is 3.01. The number of hydrogen-bond donors (Lipinski definition) is 2. The van der Waals surface area contributed by atoms with Crippen molar-refractivity contribution in [2.45, 2.75) is 27.7 Å². The number of rotatable bonds is 5. The highest BCUT2D eigenvalue weighted by Crippen LogP contribution is 2.35. The summed E-state index contributed by atoms with van der Waals surface area (Å²) >= 11 is 0. The maximum Gasteiger partial charge on any atom is 0.282 e. The van der Waals surface area contributed by atoms with Crippen LogP contribution in [0.15, 0.2) is 72.4 Å². The van der Waals surface area contributed by atoms with Gasteiger partial charge in [0, 0.05) is 18.3 Å². The summed E-state index contributed by atoms with van der Waals surface area (Å²) in [6.07, 6.45) is 0. The molecule has 0 radical (unpaired) electrons. The number of nitrogens with zero attached hydrogens (tertiary/aromatic N) is 1. The smallest absolute Gasteiger partial charge is 0.282 e. The second-order valence-electron chi connectivity index (χ2n) is 8.16. The molecular weight excluding hydrogens is 414 g/mol. The fraction of sp³-hybridized carbons (Fsp3) is 0.148. The molecule has 1 heterocycles. The molecule has 0 bridgehead atoms. The summed E-state index contributed by atoms with van der Waals surface area (Å²) < 4.78 is 0.